The molecular formula is C12H9N3O4. The number of anilines is 1. The highest BCUT2D eigenvalue weighted by molar-refractivity contribution is 6.07. The molecule has 2 aromatic rings. The second-order valence-corrected chi connectivity index (χ2v) is 3.62. The van der Waals surface area contributed by atoms with Crippen LogP contribution in [0.3, 0.4) is 0 Å². The number of carboxylic acid groups (broad SMARTS) is 1. The number of phenolic OH excluding ortho intramolecular Hbond substituents is 1. The molecule has 0 saturated carbocycles. The Morgan fingerprint density at radius 1 is 1.16 bits per heavy atom. The van der Waals surface area contributed by atoms with Crippen LogP contribution in [0.25, 0.3) is 0 Å². The van der Waals surface area contributed by atoms with Gasteiger partial charge < -0.3 is 15.5 Å². The number of phenols is 1. The number of aromatic hydroxyl groups is 1. The summed E-state index contributed by atoms with van der Waals surface area (Å²) in [5, 5.41) is 27.8. The average Bonchev–Trinajstić information content (AvgIpc) is 2.41. The molecule has 0 aliphatic heterocycles. The molecule has 7 heteroatoms. The number of carbonyl (C=O) groups excluding carboxylic acids is 1. The van der Waals surface area contributed by atoms with Gasteiger partial charge in [-0.2, -0.15) is 10.2 Å². The molecule has 2 rings (SSSR count). The van der Waals surface area contributed by atoms with Crippen LogP contribution >= 0.6 is 0 Å². The standard InChI is InChI=1S/C12H9N3O4/c16-8-1-2-10(9(5-8)12(18)19)15-11(17)7-3-4-13-14-6-7/h1-6,16H,(H,15,17)(H,18,19). The lowest BCUT2D eigenvalue weighted by Crippen LogP contribution is -2.15. The summed E-state index contributed by atoms with van der Waals surface area (Å²) in [6, 6.07) is 5.10. The Bertz CT molecular complexity index is 628. The molecular weight excluding hydrogens is 250 g/mol. The van der Waals surface area contributed by atoms with Gasteiger partial charge in [0.15, 0.2) is 0 Å². The number of carbonyl (C=O) groups is 2. The van der Waals surface area contributed by atoms with E-state index >= 15 is 0 Å². The Morgan fingerprint density at radius 3 is 2.58 bits per heavy atom. The van der Waals surface area contributed by atoms with Crippen LogP contribution in [0.4, 0.5) is 5.69 Å². The van der Waals surface area contributed by atoms with E-state index in [9.17, 15) is 14.7 Å². The number of amides is 1. The molecule has 0 unspecified atom stereocenters. The maximum Gasteiger partial charge on any atom is 0.337 e. The van der Waals surface area contributed by atoms with E-state index in [1.165, 1.54) is 30.6 Å². The number of carboxylic acids is 1. The molecule has 0 aliphatic carbocycles. The van der Waals surface area contributed by atoms with Crippen molar-refractivity contribution in [1.82, 2.24) is 10.2 Å². The number of nitrogens with zero attached hydrogens (tertiary/aromatic N) is 2. The first-order valence-electron chi connectivity index (χ1n) is 5.22. The van der Waals surface area contributed by atoms with E-state index in [2.05, 4.69) is 15.5 Å². The zero-order valence-corrected chi connectivity index (χ0v) is 9.57. The lowest BCUT2D eigenvalue weighted by atomic mass is 10.1. The summed E-state index contributed by atoms with van der Waals surface area (Å²) in [6.45, 7) is 0. The fourth-order valence-electron chi connectivity index (χ4n) is 1.44. The quantitative estimate of drug-likeness (QED) is 0.712. The van der Waals surface area contributed by atoms with E-state index in [1.54, 1.807) is 0 Å². The van der Waals surface area contributed by atoms with Crippen LogP contribution < -0.4 is 5.32 Å². The predicted octanol–water partition coefficient (Wildman–Crippen LogP) is 1.13. The van der Waals surface area contributed by atoms with Gasteiger partial charge in [-0.05, 0) is 24.3 Å². The van der Waals surface area contributed by atoms with Crippen molar-refractivity contribution in [2.45, 2.75) is 0 Å². The van der Waals surface area contributed by atoms with Gasteiger partial charge in [0.05, 0.1) is 29.2 Å². The summed E-state index contributed by atoms with van der Waals surface area (Å²) in [4.78, 5) is 22.8. The highest BCUT2D eigenvalue weighted by Gasteiger charge is 2.14. The minimum Gasteiger partial charge on any atom is -0.508 e. The van der Waals surface area contributed by atoms with Crippen molar-refractivity contribution in [3.05, 3.63) is 47.8 Å². The summed E-state index contributed by atoms with van der Waals surface area (Å²) in [5.41, 5.74) is 0.141. The number of aromatic carboxylic acids is 1. The molecule has 19 heavy (non-hydrogen) atoms. The fourth-order valence-corrected chi connectivity index (χ4v) is 1.44. The number of hydrogen-bond donors (Lipinski definition) is 3. The van der Waals surface area contributed by atoms with Gasteiger partial charge in [0, 0.05) is 0 Å². The summed E-state index contributed by atoms with van der Waals surface area (Å²) in [5.74, 6) is -1.96. The first-order chi connectivity index (χ1) is 9.08. The molecule has 3 N–H and O–H groups in total. The highest BCUT2D eigenvalue weighted by Crippen LogP contribution is 2.21. The van der Waals surface area contributed by atoms with Crippen molar-refractivity contribution in [1.29, 1.82) is 0 Å². The molecule has 96 valence electrons. The molecule has 0 spiro atoms. The fraction of sp³-hybridized carbons (Fsp3) is 0. The Morgan fingerprint density at radius 2 is 1.95 bits per heavy atom. The first-order valence-corrected chi connectivity index (χ1v) is 5.22. The monoisotopic (exact) mass is 259 g/mol. The molecule has 1 heterocycles. The predicted molar refractivity (Wildman–Crippen MR) is 65.1 cm³/mol. The smallest absolute Gasteiger partial charge is 0.337 e. The van der Waals surface area contributed by atoms with Crippen molar-refractivity contribution >= 4 is 17.6 Å². The second-order valence-electron chi connectivity index (χ2n) is 3.62. The van der Waals surface area contributed by atoms with Gasteiger partial charge >= 0.3 is 5.97 Å². The SMILES string of the molecule is O=C(Nc1ccc(O)cc1C(=O)O)c1ccnnc1. The van der Waals surface area contributed by atoms with E-state index in [0.29, 0.717) is 0 Å². The minimum atomic E-state index is -1.25. The third kappa shape index (κ3) is 2.83. The van der Waals surface area contributed by atoms with Gasteiger partial charge in [-0.15, -0.1) is 0 Å². The van der Waals surface area contributed by atoms with Crippen LogP contribution in [0.1, 0.15) is 20.7 Å². The molecule has 0 bridgehead atoms. The van der Waals surface area contributed by atoms with Crippen LogP contribution in [0, 0.1) is 0 Å². The molecule has 7 nitrogen and oxygen atoms in total. The second kappa shape index (κ2) is 5.13. The van der Waals surface area contributed by atoms with E-state index < -0.39 is 11.9 Å². The van der Waals surface area contributed by atoms with Crippen molar-refractivity contribution in [3.63, 3.8) is 0 Å². The average molecular weight is 259 g/mol. The maximum atomic E-state index is 11.8. The Kier molecular flexibility index (Phi) is 3.37. The van der Waals surface area contributed by atoms with E-state index in [-0.39, 0.29) is 22.6 Å². The maximum absolute atomic E-state index is 11.8. The van der Waals surface area contributed by atoms with Crippen LogP contribution in [-0.4, -0.2) is 32.3 Å². The third-order valence-corrected chi connectivity index (χ3v) is 2.33. The molecule has 0 radical (unpaired) electrons. The molecule has 1 aromatic carbocycles. The van der Waals surface area contributed by atoms with Gasteiger partial charge in [-0.25, -0.2) is 4.79 Å². The van der Waals surface area contributed by atoms with E-state index in [1.807, 2.05) is 0 Å². The molecule has 1 amide bonds. The largest absolute Gasteiger partial charge is 0.508 e. The highest BCUT2D eigenvalue weighted by atomic mass is 16.4. The van der Waals surface area contributed by atoms with Crippen molar-refractivity contribution in [2.24, 2.45) is 0 Å². The summed E-state index contributed by atoms with van der Waals surface area (Å²) < 4.78 is 0. The molecule has 0 atom stereocenters. The number of nitrogens with one attached hydrogen (secondary N) is 1. The Hall–Kier alpha value is -2.96. The number of benzene rings is 1. The van der Waals surface area contributed by atoms with Gasteiger partial charge in [0.25, 0.3) is 5.91 Å². The normalized spacial score (nSPS) is 9.89. The van der Waals surface area contributed by atoms with Crippen LogP contribution in [0.5, 0.6) is 5.75 Å². The Labute approximate surface area is 107 Å². The lowest BCUT2D eigenvalue weighted by Gasteiger charge is -2.08. The van der Waals surface area contributed by atoms with Gasteiger partial charge in [-0.3, -0.25) is 4.79 Å². The molecule has 1 aromatic heterocycles. The zero-order valence-electron chi connectivity index (χ0n) is 9.57. The number of aromatic nitrogens is 2. The van der Waals surface area contributed by atoms with Crippen LogP contribution in [-0.2, 0) is 0 Å². The molecule has 0 aliphatic rings. The van der Waals surface area contributed by atoms with Crippen molar-refractivity contribution < 1.29 is 19.8 Å². The zero-order chi connectivity index (χ0) is 13.8. The van der Waals surface area contributed by atoms with Gasteiger partial charge in [0.2, 0.25) is 0 Å². The van der Waals surface area contributed by atoms with E-state index in [4.69, 9.17) is 5.11 Å². The van der Waals surface area contributed by atoms with Crippen LogP contribution in [0.2, 0.25) is 0 Å². The topological polar surface area (TPSA) is 112 Å². The summed E-state index contributed by atoms with van der Waals surface area (Å²) in [6.07, 6.45) is 2.61. The van der Waals surface area contributed by atoms with Crippen LogP contribution in [0.15, 0.2) is 36.7 Å². The van der Waals surface area contributed by atoms with Crippen molar-refractivity contribution in [3.8, 4) is 5.75 Å². The van der Waals surface area contributed by atoms with Gasteiger partial charge in [-0.1, -0.05) is 0 Å². The number of rotatable bonds is 3. The van der Waals surface area contributed by atoms with E-state index in [0.717, 1.165) is 6.07 Å². The molecule has 0 fully saturated rings. The molecule has 0 saturated heterocycles. The number of hydrogen-bond acceptors (Lipinski definition) is 5. The first kappa shape index (κ1) is 12.5. The minimum absolute atomic E-state index is 0.0899. The van der Waals surface area contributed by atoms with Gasteiger partial charge in [0.1, 0.15) is 5.75 Å². The summed E-state index contributed by atoms with van der Waals surface area (Å²) >= 11 is 0. The van der Waals surface area contributed by atoms with Crippen molar-refractivity contribution in [2.75, 3.05) is 5.32 Å². The lowest BCUT2D eigenvalue weighted by molar-refractivity contribution is 0.0697. The summed E-state index contributed by atoms with van der Waals surface area (Å²) in [7, 11) is 0. The Balaban J connectivity index is 2.29. The third-order valence-electron chi connectivity index (χ3n) is 2.33.